The Morgan fingerprint density at radius 1 is 1.03 bits per heavy atom. The molecule has 0 aliphatic carbocycles. The van der Waals surface area contributed by atoms with E-state index in [1.165, 1.54) is 5.56 Å². The van der Waals surface area contributed by atoms with E-state index in [2.05, 4.69) is 24.4 Å². The Balaban J connectivity index is 1.53. The molecule has 1 aliphatic rings. The van der Waals surface area contributed by atoms with Crippen LogP contribution in [0.3, 0.4) is 0 Å². The molecule has 0 bridgehead atoms. The molecule has 5 nitrogen and oxygen atoms in total. The average Bonchev–Trinajstić information content (AvgIpc) is 2.71. The number of rotatable bonds is 5. The quantitative estimate of drug-likeness (QED) is 0.833. The van der Waals surface area contributed by atoms with Gasteiger partial charge in [-0.3, -0.25) is 9.59 Å². The Labute approximate surface area is 173 Å². The van der Waals surface area contributed by atoms with Gasteiger partial charge in [0.05, 0.1) is 13.5 Å². The lowest BCUT2D eigenvalue weighted by Gasteiger charge is -2.31. The van der Waals surface area contributed by atoms with E-state index in [-0.39, 0.29) is 17.7 Å². The highest BCUT2D eigenvalue weighted by Crippen LogP contribution is 2.25. The van der Waals surface area contributed by atoms with Gasteiger partial charge in [0.15, 0.2) is 0 Å². The Kier molecular flexibility index (Phi) is 6.57. The first kappa shape index (κ1) is 20.9. The molecule has 154 valence electrons. The maximum Gasteiger partial charge on any atom is 0.227 e. The zero-order valence-electron chi connectivity index (χ0n) is 17.7. The third kappa shape index (κ3) is 5.17. The minimum absolute atomic E-state index is 0.0554. The molecule has 1 fully saturated rings. The third-order valence-corrected chi connectivity index (χ3v) is 5.66. The van der Waals surface area contributed by atoms with E-state index in [1.54, 1.807) is 7.11 Å². The van der Waals surface area contributed by atoms with Crippen LogP contribution in [0.1, 0.15) is 35.1 Å². The topological polar surface area (TPSA) is 58.6 Å². The molecule has 0 spiro atoms. The van der Waals surface area contributed by atoms with Crippen molar-refractivity contribution in [2.45, 2.75) is 40.0 Å². The van der Waals surface area contributed by atoms with Crippen molar-refractivity contribution in [1.29, 1.82) is 0 Å². The van der Waals surface area contributed by atoms with Gasteiger partial charge in [-0.05, 0) is 62.4 Å². The largest absolute Gasteiger partial charge is 0.497 e. The number of hydrogen-bond acceptors (Lipinski definition) is 3. The molecule has 0 radical (unpaired) electrons. The highest BCUT2D eigenvalue weighted by Gasteiger charge is 2.27. The van der Waals surface area contributed by atoms with Crippen molar-refractivity contribution in [3.05, 3.63) is 58.7 Å². The van der Waals surface area contributed by atoms with Gasteiger partial charge in [-0.2, -0.15) is 0 Å². The summed E-state index contributed by atoms with van der Waals surface area (Å²) in [5.74, 6) is 0.897. The first-order chi connectivity index (χ1) is 13.9. The Morgan fingerprint density at radius 3 is 2.17 bits per heavy atom. The lowest BCUT2D eigenvalue weighted by molar-refractivity contribution is -0.133. The van der Waals surface area contributed by atoms with Crippen molar-refractivity contribution in [2.24, 2.45) is 5.92 Å². The van der Waals surface area contributed by atoms with Gasteiger partial charge in [-0.15, -0.1) is 0 Å². The van der Waals surface area contributed by atoms with Gasteiger partial charge < -0.3 is 15.0 Å². The summed E-state index contributed by atoms with van der Waals surface area (Å²) in [4.78, 5) is 27.2. The minimum atomic E-state index is -0.0554. The van der Waals surface area contributed by atoms with E-state index in [4.69, 9.17) is 4.74 Å². The van der Waals surface area contributed by atoms with Crippen LogP contribution in [-0.4, -0.2) is 36.9 Å². The van der Waals surface area contributed by atoms with E-state index < -0.39 is 0 Å². The fourth-order valence-electron chi connectivity index (χ4n) is 4.02. The van der Waals surface area contributed by atoms with E-state index >= 15 is 0 Å². The molecule has 0 aromatic heterocycles. The number of nitrogens with zero attached hydrogens (tertiary/aromatic N) is 1. The maximum absolute atomic E-state index is 12.8. The number of ether oxygens (including phenoxy) is 1. The molecule has 2 aromatic rings. The van der Waals surface area contributed by atoms with Crippen LogP contribution in [0.25, 0.3) is 0 Å². The number of carbonyl (C=O) groups excluding carboxylic acids is 2. The smallest absolute Gasteiger partial charge is 0.227 e. The van der Waals surface area contributed by atoms with Crippen LogP contribution in [0.5, 0.6) is 5.75 Å². The van der Waals surface area contributed by atoms with Gasteiger partial charge in [-0.1, -0.05) is 29.8 Å². The molecule has 0 unspecified atom stereocenters. The van der Waals surface area contributed by atoms with Crippen molar-refractivity contribution in [3.8, 4) is 5.75 Å². The number of carbonyl (C=O) groups is 2. The number of methoxy groups -OCH3 is 1. The normalized spacial score (nSPS) is 14.6. The van der Waals surface area contributed by atoms with E-state index in [9.17, 15) is 9.59 Å². The van der Waals surface area contributed by atoms with Crippen LogP contribution >= 0.6 is 0 Å². The molecule has 1 saturated heterocycles. The Hall–Kier alpha value is -2.82. The summed E-state index contributed by atoms with van der Waals surface area (Å²) in [5, 5.41) is 3.12. The van der Waals surface area contributed by atoms with Gasteiger partial charge in [-0.25, -0.2) is 0 Å². The number of anilines is 1. The van der Waals surface area contributed by atoms with E-state index in [1.807, 2.05) is 43.0 Å². The number of piperidine rings is 1. The van der Waals surface area contributed by atoms with Crippen LogP contribution in [0.15, 0.2) is 36.4 Å². The molecule has 29 heavy (non-hydrogen) atoms. The zero-order chi connectivity index (χ0) is 21.0. The lowest BCUT2D eigenvalue weighted by Crippen LogP contribution is -2.42. The van der Waals surface area contributed by atoms with Gasteiger partial charge in [0.2, 0.25) is 11.8 Å². The summed E-state index contributed by atoms with van der Waals surface area (Å²) in [6.07, 6.45) is 1.77. The molecule has 2 amide bonds. The number of hydrogen-bond donors (Lipinski definition) is 1. The fraction of sp³-hybridized carbons (Fsp3) is 0.417. The highest BCUT2D eigenvalue weighted by molar-refractivity contribution is 5.94. The summed E-state index contributed by atoms with van der Waals surface area (Å²) >= 11 is 0. The first-order valence-electron chi connectivity index (χ1n) is 10.2. The van der Waals surface area contributed by atoms with Crippen molar-refractivity contribution < 1.29 is 14.3 Å². The van der Waals surface area contributed by atoms with E-state index in [0.29, 0.717) is 32.4 Å². The second-order valence-electron chi connectivity index (χ2n) is 7.94. The van der Waals surface area contributed by atoms with Gasteiger partial charge in [0, 0.05) is 24.7 Å². The van der Waals surface area contributed by atoms with Crippen LogP contribution in [0, 0.1) is 26.7 Å². The van der Waals surface area contributed by atoms with Gasteiger partial charge >= 0.3 is 0 Å². The molecular weight excluding hydrogens is 364 g/mol. The average molecular weight is 395 g/mol. The number of amides is 2. The molecule has 0 atom stereocenters. The Bertz CT molecular complexity index is 858. The van der Waals surface area contributed by atoms with Crippen LogP contribution in [-0.2, 0) is 16.0 Å². The van der Waals surface area contributed by atoms with Gasteiger partial charge in [0.1, 0.15) is 5.75 Å². The monoisotopic (exact) mass is 394 g/mol. The lowest BCUT2D eigenvalue weighted by atomic mass is 9.94. The second-order valence-corrected chi connectivity index (χ2v) is 7.94. The summed E-state index contributed by atoms with van der Waals surface area (Å²) in [5.41, 5.74) is 5.26. The molecule has 1 N–H and O–H groups in total. The third-order valence-electron chi connectivity index (χ3n) is 5.66. The molecule has 2 aromatic carbocycles. The predicted molar refractivity (Wildman–Crippen MR) is 115 cm³/mol. The standard InChI is InChI=1S/C24H30N2O3/c1-16-13-17(2)23(18(3)14-16)25-24(28)20-9-11-26(12-10-20)22(27)15-19-5-7-21(29-4)8-6-19/h5-8,13-14,20H,9-12,15H2,1-4H3,(H,25,28). The van der Waals surface area contributed by atoms with Crippen molar-refractivity contribution in [2.75, 3.05) is 25.5 Å². The minimum Gasteiger partial charge on any atom is -0.497 e. The molecule has 0 saturated carbocycles. The Morgan fingerprint density at radius 2 is 1.62 bits per heavy atom. The maximum atomic E-state index is 12.8. The number of aryl methyl sites for hydroxylation is 3. The summed E-state index contributed by atoms with van der Waals surface area (Å²) in [7, 11) is 1.63. The van der Waals surface area contributed by atoms with Crippen molar-refractivity contribution in [3.63, 3.8) is 0 Å². The second kappa shape index (κ2) is 9.12. The zero-order valence-corrected chi connectivity index (χ0v) is 17.7. The molecule has 1 heterocycles. The fourth-order valence-corrected chi connectivity index (χ4v) is 4.02. The van der Waals surface area contributed by atoms with E-state index in [0.717, 1.165) is 28.1 Å². The van der Waals surface area contributed by atoms with Crippen LogP contribution < -0.4 is 10.1 Å². The molecule has 1 aliphatic heterocycles. The number of likely N-dealkylation sites (tertiary alicyclic amines) is 1. The SMILES string of the molecule is COc1ccc(CC(=O)N2CCC(C(=O)Nc3c(C)cc(C)cc3C)CC2)cc1. The number of nitrogens with one attached hydrogen (secondary N) is 1. The van der Waals surface area contributed by atoms with Crippen LogP contribution in [0.4, 0.5) is 5.69 Å². The first-order valence-corrected chi connectivity index (χ1v) is 10.2. The van der Waals surface area contributed by atoms with Crippen molar-refractivity contribution in [1.82, 2.24) is 4.90 Å². The number of benzene rings is 2. The summed E-state index contributed by atoms with van der Waals surface area (Å²) < 4.78 is 5.15. The molecule has 3 rings (SSSR count). The highest BCUT2D eigenvalue weighted by atomic mass is 16.5. The van der Waals surface area contributed by atoms with Crippen molar-refractivity contribution >= 4 is 17.5 Å². The molecule has 5 heteroatoms. The summed E-state index contributed by atoms with van der Waals surface area (Å²) in [6, 6.07) is 11.8. The van der Waals surface area contributed by atoms with Gasteiger partial charge in [0.25, 0.3) is 0 Å². The molecular formula is C24H30N2O3. The predicted octanol–water partition coefficient (Wildman–Crippen LogP) is 4.04. The summed E-state index contributed by atoms with van der Waals surface area (Å²) in [6.45, 7) is 7.36. The van der Waals surface area contributed by atoms with Crippen LogP contribution in [0.2, 0.25) is 0 Å².